The lowest BCUT2D eigenvalue weighted by Crippen LogP contribution is -2.25. The molecule has 2 N–H and O–H groups in total. The van der Waals surface area contributed by atoms with E-state index in [0.29, 0.717) is 12.1 Å². The van der Waals surface area contributed by atoms with Crippen molar-refractivity contribution >= 4 is 5.97 Å². The Bertz CT molecular complexity index is 431. The van der Waals surface area contributed by atoms with Gasteiger partial charge in [-0.1, -0.05) is 6.07 Å². The molecule has 0 aliphatic rings. The lowest BCUT2D eigenvalue weighted by Gasteiger charge is -2.14. The van der Waals surface area contributed by atoms with Crippen molar-refractivity contribution in [1.29, 1.82) is 0 Å². The molecular formula is C10H9F4NO2. The van der Waals surface area contributed by atoms with Crippen LogP contribution in [0.15, 0.2) is 18.2 Å². The molecule has 0 radical (unpaired) electrons. The smallest absolute Gasteiger partial charge is 0.419 e. The summed E-state index contributed by atoms with van der Waals surface area (Å²) in [7, 11) is 1.29. The number of benzene rings is 1. The van der Waals surface area contributed by atoms with E-state index in [4.69, 9.17) is 5.11 Å². The van der Waals surface area contributed by atoms with Crippen LogP contribution in [-0.4, -0.2) is 18.1 Å². The molecule has 0 fully saturated rings. The number of carboxylic acids is 1. The first-order valence-corrected chi connectivity index (χ1v) is 4.54. The number of carboxylic acid groups (broad SMARTS) is 1. The van der Waals surface area contributed by atoms with Crippen molar-refractivity contribution in [3.05, 3.63) is 35.1 Å². The van der Waals surface area contributed by atoms with Crippen LogP contribution in [0.25, 0.3) is 0 Å². The lowest BCUT2D eigenvalue weighted by molar-refractivity contribution is -0.141. The second-order valence-electron chi connectivity index (χ2n) is 3.30. The van der Waals surface area contributed by atoms with Crippen molar-refractivity contribution in [2.45, 2.75) is 12.2 Å². The second kappa shape index (κ2) is 4.70. The fourth-order valence-corrected chi connectivity index (χ4v) is 1.37. The van der Waals surface area contributed by atoms with E-state index in [2.05, 4.69) is 5.32 Å². The van der Waals surface area contributed by atoms with Gasteiger partial charge in [-0.2, -0.15) is 13.2 Å². The Morgan fingerprint density at radius 1 is 1.41 bits per heavy atom. The molecule has 1 aromatic rings. The van der Waals surface area contributed by atoms with Crippen LogP contribution in [0.5, 0.6) is 0 Å². The van der Waals surface area contributed by atoms with Crippen molar-refractivity contribution < 1.29 is 27.5 Å². The summed E-state index contributed by atoms with van der Waals surface area (Å²) in [6.45, 7) is 0. The maximum atomic E-state index is 12.9. The van der Waals surface area contributed by atoms with Crippen LogP contribution in [-0.2, 0) is 11.0 Å². The minimum atomic E-state index is -4.85. The number of aliphatic carboxylic acids is 1. The van der Waals surface area contributed by atoms with Crippen LogP contribution in [0.3, 0.4) is 0 Å². The molecular weight excluding hydrogens is 242 g/mol. The van der Waals surface area contributed by atoms with E-state index in [-0.39, 0.29) is 5.56 Å². The van der Waals surface area contributed by atoms with Crippen LogP contribution in [0.2, 0.25) is 0 Å². The topological polar surface area (TPSA) is 49.3 Å². The van der Waals surface area contributed by atoms with E-state index in [1.54, 1.807) is 0 Å². The minimum Gasteiger partial charge on any atom is -0.480 e. The summed E-state index contributed by atoms with van der Waals surface area (Å²) in [4.78, 5) is 10.7. The molecule has 1 aromatic carbocycles. The van der Waals surface area contributed by atoms with E-state index < -0.39 is 29.6 Å². The highest BCUT2D eigenvalue weighted by molar-refractivity contribution is 5.75. The SMILES string of the molecule is CNC(C(=O)O)c1ccc(F)c(C(F)(F)F)c1. The molecule has 0 saturated carbocycles. The average Bonchev–Trinajstić information content (AvgIpc) is 2.19. The highest BCUT2D eigenvalue weighted by Crippen LogP contribution is 2.32. The number of likely N-dealkylation sites (N-methyl/N-ethyl adjacent to an activating group) is 1. The number of alkyl halides is 3. The zero-order valence-electron chi connectivity index (χ0n) is 8.68. The van der Waals surface area contributed by atoms with Crippen LogP contribution in [0.1, 0.15) is 17.2 Å². The molecule has 0 spiro atoms. The van der Waals surface area contributed by atoms with Gasteiger partial charge in [0, 0.05) is 0 Å². The van der Waals surface area contributed by atoms with Crippen LogP contribution in [0, 0.1) is 5.82 Å². The fourth-order valence-electron chi connectivity index (χ4n) is 1.37. The molecule has 0 heterocycles. The van der Waals surface area contributed by atoms with E-state index >= 15 is 0 Å². The summed E-state index contributed by atoms with van der Waals surface area (Å²) in [6.07, 6.45) is -4.85. The van der Waals surface area contributed by atoms with Crippen LogP contribution >= 0.6 is 0 Å². The number of carbonyl (C=O) groups is 1. The second-order valence-corrected chi connectivity index (χ2v) is 3.30. The van der Waals surface area contributed by atoms with E-state index in [0.717, 1.165) is 6.07 Å². The quantitative estimate of drug-likeness (QED) is 0.809. The highest BCUT2D eigenvalue weighted by atomic mass is 19.4. The van der Waals surface area contributed by atoms with Crippen molar-refractivity contribution in [3.63, 3.8) is 0 Å². The molecule has 7 heteroatoms. The number of nitrogens with one attached hydrogen (secondary N) is 1. The number of rotatable bonds is 3. The number of hydrogen-bond acceptors (Lipinski definition) is 2. The Balaban J connectivity index is 3.25. The Morgan fingerprint density at radius 3 is 2.41 bits per heavy atom. The van der Waals surface area contributed by atoms with E-state index in [1.807, 2.05) is 0 Å². The van der Waals surface area contributed by atoms with Gasteiger partial charge in [-0.3, -0.25) is 4.79 Å². The van der Waals surface area contributed by atoms with Crippen LogP contribution in [0.4, 0.5) is 17.6 Å². The van der Waals surface area contributed by atoms with Gasteiger partial charge in [0.15, 0.2) is 0 Å². The minimum absolute atomic E-state index is 0.159. The molecule has 0 aromatic heterocycles. The van der Waals surface area contributed by atoms with Gasteiger partial charge in [0.25, 0.3) is 0 Å². The van der Waals surface area contributed by atoms with Crippen molar-refractivity contribution in [2.75, 3.05) is 7.05 Å². The van der Waals surface area contributed by atoms with Gasteiger partial charge >= 0.3 is 12.1 Å². The molecule has 0 aliphatic heterocycles. The summed E-state index contributed by atoms with van der Waals surface area (Å²) >= 11 is 0. The third-order valence-electron chi connectivity index (χ3n) is 2.16. The van der Waals surface area contributed by atoms with Gasteiger partial charge in [0.2, 0.25) is 0 Å². The molecule has 3 nitrogen and oxygen atoms in total. The molecule has 1 unspecified atom stereocenters. The number of halogens is 4. The maximum Gasteiger partial charge on any atom is 0.419 e. The van der Waals surface area contributed by atoms with E-state index in [1.165, 1.54) is 7.05 Å². The Labute approximate surface area is 94.1 Å². The predicted octanol–water partition coefficient (Wildman–Crippen LogP) is 2.19. The molecule has 94 valence electrons. The monoisotopic (exact) mass is 251 g/mol. The summed E-state index contributed by atoms with van der Waals surface area (Å²) in [5.41, 5.74) is -1.63. The molecule has 17 heavy (non-hydrogen) atoms. The molecule has 0 saturated heterocycles. The summed E-state index contributed by atoms with van der Waals surface area (Å²) < 4.78 is 50.1. The summed E-state index contributed by atoms with van der Waals surface area (Å²) in [6, 6.07) is 0.785. The van der Waals surface area contributed by atoms with Crippen molar-refractivity contribution in [1.82, 2.24) is 5.32 Å². The third-order valence-corrected chi connectivity index (χ3v) is 2.16. The van der Waals surface area contributed by atoms with Crippen LogP contribution < -0.4 is 5.32 Å². The Hall–Kier alpha value is -1.63. The first-order valence-electron chi connectivity index (χ1n) is 4.54. The average molecular weight is 251 g/mol. The largest absolute Gasteiger partial charge is 0.480 e. The van der Waals surface area contributed by atoms with Gasteiger partial charge in [-0.05, 0) is 24.7 Å². The number of hydrogen-bond donors (Lipinski definition) is 2. The molecule has 0 amide bonds. The van der Waals surface area contributed by atoms with Gasteiger partial charge < -0.3 is 10.4 Å². The zero-order chi connectivity index (χ0) is 13.2. The van der Waals surface area contributed by atoms with Gasteiger partial charge in [0.1, 0.15) is 11.9 Å². The fraction of sp³-hybridized carbons (Fsp3) is 0.300. The Morgan fingerprint density at radius 2 is 2.00 bits per heavy atom. The maximum absolute atomic E-state index is 12.9. The predicted molar refractivity (Wildman–Crippen MR) is 50.8 cm³/mol. The van der Waals surface area contributed by atoms with Gasteiger partial charge in [-0.25, -0.2) is 4.39 Å². The van der Waals surface area contributed by atoms with Gasteiger partial charge in [0.05, 0.1) is 5.56 Å². The molecule has 0 aliphatic carbocycles. The van der Waals surface area contributed by atoms with Crippen molar-refractivity contribution in [3.8, 4) is 0 Å². The third kappa shape index (κ3) is 2.94. The summed E-state index contributed by atoms with van der Waals surface area (Å²) in [5.74, 6) is -2.77. The van der Waals surface area contributed by atoms with Gasteiger partial charge in [-0.15, -0.1) is 0 Å². The summed E-state index contributed by atoms with van der Waals surface area (Å²) in [5, 5.41) is 11.1. The molecule has 0 bridgehead atoms. The molecule has 1 rings (SSSR count). The Kier molecular flexibility index (Phi) is 3.72. The first kappa shape index (κ1) is 13.4. The van der Waals surface area contributed by atoms with Crippen molar-refractivity contribution in [2.24, 2.45) is 0 Å². The molecule has 1 atom stereocenters. The zero-order valence-corrected chi connectivity index (χ0v) is 8.68. The highest BCUT2D eigenvalue weighted by Gasteiger charge is 2.35. The first-order chi connectivity index (χ1) is 7.77. The lowest BCUT2D eigenvalue weighted by atomic mass is 10.0. The van der Waals surface area contributed by atoms with E-state index in [9.17, 15) is 22.4 Å². The normalized spacial score (nSPS) is 13.5. The standard InChI is InChI=1S/C10H9F4NO2/c1-15-8(9(16)17)5-2-3-7(11)6(4-5)10(12,13)14/h2-4,8,15H,1H3,(H,16,17).